The van der Waals surface area contributed by atoms with Crippen LogP contribution in [0.4, 0.5) is 5.95 Å². The minimum absolute atomic E-state index is 0.328. The summed E-state index contributed by atoms with van der Waals surface area (Å²) in [4.78, 5) is 16.2. The fourth-order valence-electron chi connectivity index (χ4n) is 3.28. The van der Waals surface area contributed by atoms with Crippen molar-refractivity contribution >= 4 is 28.9 Å². The van der Waals surface area contributed by atoms with Crippen molar-refractivity contribution in [3.63, 3.8) is 0 Å². The molecule has 0 spiro atoms. The van der Waals surface area contributed by atoms with E-state index in [-0.39, 0.29) is 0 Å². The number of nitrogen functional groups attached to an aromatic ring is 1. The molecule has 146 valence electrons. The second-order valence-electron chi connectivity index (χ2n) is 7.13. The summed E-state index contributed by atoms with van der Waals surface area (Å²) in [5.74, 6) is 0.328. The largest absolute Gasteiger partial charge is 0.368 e. The van der Waals surface area contributed by atoms with E-state index in [0.717, 1.165) is 16.2 Å². The lowest BCUT2D eigenvalue weighted by molar-refractivity contribution is 0.551. The monoisotopic (exact) mass is 377 g/mol. The lowest BCUT2D eigenvalue weighted by Gasteiger charge is -2.16. The number of nitrogens with zero attached hydrogens (tertiary/aromatic N) is 3. The smallest absolute Gasteiger partial charge is 0.223 e. The summed E-state index contributed by atoms with van der Waals surface area (Å²) in [7, 11) is 0. The fourth-order valence-corrected chi connectivity index (χ4v) is 4.57. The Kier molecular flexibility index (Phi) is 9.82. The van der Waals surface area contributed by atoms with Gasteiger partial charge in [0.25, 0.3) is 0 Å². The molecule has 2 heterocycles. The van der Waals surface area contributed by atoms with E-state index in [4.69, 9.17) is 5.73 Å². The van der Waals surface area contributed by atoms with Gasteiger partial charge in [-0.25, -0.2) is 9.97 Å². The number of aromatic amines is 1. The molecule has 0 fully saturated rings. The molecular formula is C20H35N5S. The SMILES string of the molecule is CCCCCCCC(CCCCCCC)Sc1nc(N)nc2[nH]cnc12. The molecule has 2 aromatic heterocycles. The van der Waals surface area contributed by atoms with Gasteiger partial charge in [-0.15, -0.1) is 11.8 Å². The van der Waals surface area contributed by atoms with Gasteiger partial charge in [0.15, 0.2) is 5.65 Å². The van der Waals surface area contributed by atoms with Crippen molar-refractivity contribution < 1.29 is 0 Å². The van der Waals surface area contributed by atoms with Gasteiger partial charge in [0.1, 0.15) is 10.5 Å². The van der Waals surface area contributed by atoms with Gasteiger partial charge in [-0.3, -0.25) is 0 Å². The highest BCUT2D eigenvalue weighted by molar-refractivity contribution is 8.00. The number of aromatic nitrogens is 4. The lowest BCUT2D eigenvalue weighted by atomic mass is 10.0. The second-order valence-corrected chi connectivity index (χ2v) is 8.42. The molecule has 0 saturated carbocycles. The third-order valence-electron chi connectivity index (χ3n) is 4.80. The van der Waals surface area contributed by atoms with E-state index in [1.165, 1.54) is 77.0 Å². The summed E-state index contributed by atoms with van der Waals surface area (Å²) < 4.78 is 0. The summed E-state index contributed by atoms with van der Waals surface area (Å²) >= 11 is 1.85. The van der Waals surface area contributed by atoms with Gasteiger partial charge in [-0.2, -0.15) is 4.98 Å². The Hall–Kier alpha value is -1.30. The van der Waals surface area contributed by atoms with Crippen LogP contribution in [0.15, 0.2) is 11.4 Å². The molecule has 0 radical (unpaired) electrons. The van der Waals surface area contributed by atoms with Gasteiger partial charge in [-0.05, 0) is 12.8 Å². The average Bonchev–Trinajstić information content (AvgIpc) is 3.09. The van der Waals surface area contributed by atoms with Crippen LogP contribution < -0.4 is 5.73 Å². The first kappa shape index (κ1) is 21.0. The molecule has 0 saturated heterocycles. The van der Waals surface area contributed by atoms with Gasteiger partial charge in [0.05, 0.1) is 6.33 Å². The van der Waals surface area contributed by atoms with Gasteiger partial charge in [-0.1, -0.05) is 78.1 Å². The molecule has 0 bridgehead atoms. The van der Waals surface area contributed by atoms with E-state index in [0.29, 0.717) is 11.2 Å². The zero-order valence-electron chi connectivity index (χ0n) is 16.5. The summed E-state index contributed by atoms with van der Waals surface area (Å²) in [6.07, 6.45) is 17.5. The van der Waals surface area contributed by atoms with Gasteiger partial charge >= 0.3 is 0 Å². The number of thioether (sulfide) groups is 1. The Morgan fingerprint density at radius 3 is 2.15 bits per heavy atom. The van der Waals surface area contributed by atoms with Crippen molar-refractivity contribution in [2.24, 2.45) is 0 Å². The number of hydrogen-bond donors (Lipinski definition) is 2. The molecule has 0 aliphatic heterocycles. The standard InChI is InChI=1S/C20H35N5S/c1-3-5-7-9-11-13-16(14-12-10-8-6-4-2)26-19-17-18(23-15-22-17)24-20(21)25-19/h15-16H,3-14H2,1-2H3,(H3,21,22,23,24,25). The Balaban J connectivity index is 1.93. The highest BCUT2D eigenvalue weighted by Crippen LogP contribution is 2.33. The number of anilines is 1. The average molecular weight is 378 g/mol. The Morgan fingerprint density at radius 1 is 0.923 bits per heavy atom. The summed E-state index contributed by atoms with van der Waals surface area (Å²) in [6, 6.07) is 0. The highest BCUT2D eigenvalue weighted by Gasteiger charge is 2.16. The molecule has 0 amide bonds. The predicted octanol–water partition coefficient (Wildman–Crippen LogP) is 6.12. The van der Waals surface area contributed by atoms with Crippen molar-refractivity contribution in [2.45, 2.75) is 101 Å². The number of nitrogens with two attached hydrogens (primary N) is 1. The highest BCUT2D eigenvalue weighted by atomic mass is 32.2. The minimum atomic E-state index is 0.328. The van der Waals surface area contributed by atoms with E-state index in [9.17, 15) is 0 Å². The molecule has 6 heteroatoms. The van der Waals surface area contributed by atoms with Crippen molar-refractivity contribution in [2.75, 3.05) is 5.73 Å². The van der Waals surface area contributed by atoms with Crippen molar-refractivity contribution in [1.82, 2.24) is 19.9 Å². The molecule has 0 atom stereocenters. The topological polar surface area (TPSA) is 80.5 Å². The third kappa shape index (κ3) is 7.14. The number of hydrogen-bond acceptors (Lipinski definition) is 5. The quantitative estimate of drug-likeness (QED) is 0.235. The number of H-pyrrole nitrogens is 1. The van der Waals surface area contributed by atoms with E-state index in [2.05, 4.69) is 33.8 Å². The van der Waals surface area contributed by atoms with Crippen LogP contribution in [0.25, 0.3) is 11.2 Å². The summed E-state index contributed by atoms with van der Waals surface area (Å²) in [5, 5.41) is 1.52. The molecule has 0 unspecified atom stereocenters. The summed E-state index contributed by atoms with van der Waals surface area (Å²) in [6.45, 7) is 4.53. The van der Waals surface area contributed by atoms with Crippen LogP contribution in [0.3, 0.4) is 0 Å². The first-order valence-corrected chi connectivity index (χ1v) is 11.3. The molecule has 2 rings (SSSR count). The Morgan fingerprint density at radius 2 is 1.54 bits per heavy atom. The second kappa shape index (κ2) is 12.2. The zero-order chi connectivity index (χ0) is 18.6. The maximum absolute atomic E-state index is 5.89. The maximum atomic E-state index is 5.89. The number of rotatable bonds is 14. The van der Waals surface area contributed by atoms with Crippen LogP contribution in [-0.2, 0) is 0 Å². The first-order valence-electron chi connectivity index (χ1n) is 10.4. The lowest BCUT2D eigenvalue weighted by Crippen LogP contribution is -2.05. The van der Waals surface area contributed by atoms with E-state index in [1.54, 1.807) is 6.33 Å². The van der Waals surface area contributed by atoms with Crippen molar-refractivity contribution in [3.8, 4) is 0 Å². The maximum Gasteiger partial charge on any atom is 0.223 e. The van der Waals surface area contributed by atoms with Crippen LogP contribution in [0.2, 0.25) is 0 Å². The van der Waals surface area contributed by atoms with E-state index in [1.807, 2.05) is 11.8 Å². The molecular weight excluding hydrogens is 342 g/mol. The van der Waals surface area contributed by atoms with Gasteiger partial charge in [0, 0.05) is 5.25 Å². The van der Waals surface area contributed by atoms with Crippen LogP contribution in [-0.4, -0.2) is 25.2 Å². The van der Waals surface area contributed by atoms with Crippen molar-refractivity contribution in [3.05, 3.63) is 6.33 Å². The van der Waals surface area contributed by atoms with Crippen LogP contribution in [0.1, 0.15) is 90.9 Å². The molecule has 5 nitrogen and oxygen atoms in total. The van der Waals surface area contributed by atoms with Crippen LogP contribution in [0.5, 0.6) is 0 Å². The van der Waals surface area contributed by atoms with Crippen molar-refractivity contribution in [1.29, 1.82) is 0 Å². The molecule has 0 aliphatic rings. The van der Waals surface area contributed by atoms with E-state index < -0.39 is 0 Å². The minimum Gasteiger partial charge on any atom is -0.368 e. The molecule has 0 aromatic carbocycles. The summed E-state index contributed by atoms with van der Waals surface area (Å²) in [5.41, 5.74) is 7.48. The Bertz CT molecular complexity index is 614. The van der Waals surface area contributed by atoms with Crippen LogP contribution in [0, 0.1) is 0 Å². The number of fused-ring (bicyclic) bond motifs is 1. The Labute approximate surface area is 162 Å². The zero-order valence-corrected chi connectivity index (χ0v) is 17.3. The van der Waals surface area contributed by atoms with Gasteiger partial charge in [0.2, 0.25) is 5.95 Å². The van der Waals surface area contributed by atoms with Crippen LogP contribution >= 0.6 is 11.8 Å². The number of imidazole rings is 1. The normalized spacial score (nSPS) is 11.7. The van der Waals surface area contributed by atoms with Gasteiger partial charge < -0.3 is 10.7 Å². The molecule has 0 aliphatic carbocycles. The first-order chi connectivity index (χ1) is 12.7. The van der Waals surface area contributed by atoms with E-state index >= 15 is 0 Å². The third-order valence-corrected chi connectivity index (χ3v) is 6.11. The number of unbranched alkanes of at least 4 members (excludes halogenated alkanes) is 8. The molecule has 2 aromatic rings. The fraction of sp³-hybridized carbons (Fsp3) is 0.750. The molecule has 26 heavy (non-hydrogen) atoms. The molecule has 3 N–H and O–H groups in total. The number of nitrogens with one attached hydrogen (secondary N) is 1. The predicted molar refractivity (Wildman–Crippen MR) is 112 cm³/mol.